The van der Waals surface area contributed by atoms with Crippen molar-refractivity contribution >= 4 is 40.8 Å². The van der Waals surface area contributed by atoms with Gasteiger partial charge < -0.3 is 30.0 Å². The summed E-state index contributed by atoms with van der Waals surface area (Å²) in [7, 11) is 3.87. The first kappa shape index (κ1) is 28.8. The number of benzene rings is 2. The fourth-order valence-corrected chi connectivity index (χ4v) is 4.03. The number of carbonyl (C=O) groups is 3. The highest BCUT2D eigenvalue weighted by Gasteiger charge is 2.21. The van der Waals surface area contributed by atoms with E-state index in [1.807, 2.05) is 0 Å². The molecule has 4 aromatic rings. The topological polar surface area (TPSA) is 170 Å². The number of imidazole rings is 1. The van der Waals surface area contributed by atoms with Gasteiger partial charge in [0.2, 0.25) is 0 Å². The largest absolute Gasteiger partial charge is 0.493 e. The minimum absolute atomic E-state index is 0.00219. The standard InChI is InChI=1S/C27H25ClN6O7/c1-38-22-11-17(27(37)40-3)21(31-25(35)20-4-5-24(33-32-20)34-8-7-30-14-34)13-23(22)41-9-6-15-10-16(26(36)39-2)19(29)12-18(15)28/h4-5,7-8,10-14H,6,9,29H2,1-3H3,(H,31,35). The molecule has 0 aliphatic carbocycles. The number of nitrogens with zero attached hydrogens (tertiary/aromatic N) is 4. The number of hydrogen-bond acceptors (Lipinski definition) is 11. The van der Waals surface area contributed by atoms with Gasteiger partial charge in [0.1, 0.15) is 6.33 Å². The second-order valence-electron chi connectivity index (χ2n) is 8.36. The van der Waals surface area contributed by atoms with E-state index in [0.29, 0.717) is 16.4 Å². The van der Waals surface area contributed by atoms with Crippen LogP contribution in [0.4, 0.5) is 11.4 Å². The molecule has 0 bridgehead atoms. The monoisotopic (exact) mass is 580 g/mol. The van der Waals surface area contributed by atoms with Crippen molar-refractivity contribution in [3.8, 4) is 17.3 Å². The summed E-state index contributed by atoms with van der Waals surface area (Å²) >= 11 is 6.31. The van der Waals surface area contributed by atoms with Gasteiger partial charge in [0.25, 0.3) is 5.91 Å². The van der Waals surface area contributed by atoms with Crippen LogP contribution in [0.1, 0.15) is 36.8 Å². The zero-order valence-electron chi connectivity index (χ0n) is 22.2. The Morgan fingerprint density at radius 3 is 2.37 bits per heavy atom. The predicted octanol–water partition coefficient (Wildman–Crippen LogP) is 3.35. The highest BCUT2D eigenvalue weighted by atomic mass is 35.5. The number of anilines is 2. The molecule has 2 heterocycles. The van der Waals surface area contributed by atoms with Gasteiger partial charge >= 0.3 is 11.9 Å². The SMILES string of the molecule is COC(=O)c1cc(CCOc2cc(NC(=O)c3ccc(-n4ccnc4)nn3)c(C(=O)OC)cc2OC)c(Cl)cc1N. The number of rotatable bonds is 10. The third-order valence-corrected chi connectivity index (χ3v) is 6.21. The molecule has 0 saturated carbocycles. The highest BCUT2D eigenvalue weighted by molar-refractivity contribution is 6.31. The van der Waals surface area contributed by atoms with Gasteiger partial charge in [0.15, 0.2) is 23.0 Å². The number of halogens is 1. The Labute approximate surface area is 239 Å². The lowest BCUT2D eigenvalue weighted by molar-refractivity contribution is 0.0592. The van der Waals surface area contributed by atoms with Crippen molar-refractivity contribution in [2.45, 2.75) is 6.42 Å². The molecule has 212 valence electrons. The summed E-state index contributed by atoms with van der Waals surface area (Å²) in [6.45, 7) is 0.0900. The minimum atomic E-state index is -0.712. The minimum Gasteiger partial charge on any atom is -0.493 e. The molecule has 0 saturated heterocycles. The Morgan fingerprint density at radius 1 is 0.976 bits per heavy atom. The molecule has 0 atom stereocenters. The van der Waals surface area contributed by atoms with E-state index in [9.17, 15) is 14.4 Å². The third-order valence-electron chi connectivity index (χ3n) is 5.86. The van der Waals surface area contributed by atoms with E-state index in [1.165, 1.54) is 51.7 Å². The van der Waals surface area contributed by atoms with Crippen LogP contribution in [0.3, 0.4) is 0 Å². The molecular weight excluding hydrogens is 556 g/mol. The molecule has 13 nitrogen and oxygen atoms in total. The van der Waals surface area contributed by atoms with Crippen LogP contribution in [0.15, 0.2) is 55.1 Å². The summed E-state index contributed by atoms with van der Waals surface area (Å²) in [5.74, 6) is -1.03. The van der Waals surface area contributed by atoms with Crippen LogP contribution in [0.25, 0.3) is 5.82 Å². The van der Waals surface area contributed by atoms with E-state index in [2.05, 4.69) is 20.5 Å². The molecule has 0 fully saturated rings. The molecular formula is C27H25ClN6O7. The van der Waals surface area contributed by atoms with Crippen LogP contribution in [-0.2, 0) is 15.9 Å². The first-order valence-electron chi connectivity index (χ1n) is 12.0. The number of nitrogens with two attached hydrogens (primary N) is 1. The summed E-state index contributed by atoms with van der Waals surface area (Å²) < 4.78 is 22.6. The van der Waals surface area contributed by atoms with E-state index >= 15 is 0 Å². The summed E-state index contributed by atoms with van der Waals surface area (Å²) in [5.41, 5.74) is 6.97. The lowest BCUT2D eigenvalue weighted by Gasteiger charge is -2.16. The van der Waals surface area contributed by atoms with Crippen molar-refractivity contribution in [3.05, 3.63) is 82.5 Å². The van der Waals surface area contributed by atoms with Gasteiger partial charge in [0, 0.05) is 41.7 Å². The normalized spacial score (nSPS) is 10.5. The van der Waals surface area contributed by atoms with E-state index in [1.54, 1.807) is 29.4 Å². The number of esters is 2. The lowest BCUT2D eigenvalue weighted by atomic mass is 10.1. The molecule has 0 radical (unpaired) electrons. The van der Waals surface area contributed by atoms with Crippen molar-refractivity contribution in [2.24, 2.45) is 0 Å². The number of amides is 1. The zero-order chi connectivity index (χ0) is 29.5. The number of carbonyl (C=O) groups excluding carboxylic acids is 3. The van der Waals surface area contributed by atoms with Gasteiger partial charge in [-0.15, -0.1) is 10.2 Å². The molecule has 41 heavy (non-hydrogen) atoms. The molecule has 4 rings (SSSR count). The van der Waals surface area contributed by atoms with Crippen LogP contribution < -0.4 is 20.5 Å². The van der Waals surface area contributed by atoms with Gasteiger partial charge in [0.05, 0.1) is 44.8 Å². The van der Waals surface area contributed by atoms with Gasteiger partial charge in [-0.1, -0.05) is 11.6 Å². The molecule has 2 aromatic carbocycles. The second-order valence-corrected chi connectivity index (χ2v) is 8.77. The Kier molecular flexibility index (Phi) is 8.99. The molecule has 0 aliphatic heterocycles. The van der Waals surface area contributed by atoms with Crippen LogP contribution >= 0.6 is 11.6 Å². The van der Waals surface area contributed by atoms with Crippen molar-refractivity contribution in [1.82, 2.24) is 19.7 Å². The van der Waals surface area contributed by atoms with Gasteiger partial charge in [-0.05, 0) is 29.8 Å². The Balaban J connectivity index is 1.56. The molecule has 0 aliphatic rings. The Morgan fingerprint density at radius 2 is 1.73 bits per heavy atom. The fourth-order valence-electron chi connectivity index (χ4n) is 3.76. The molecule has 1 amide bonds. The van der Waals surface area contributed by atoms with Gasteiger partial charge in [-0.3, -0.25) is 9.36 Å². The third kappa shape index (κ3) is 6.53. The number of methoxy groups -OCH3 is 3. The first-order chi connectivity index (χ1) is 19.7. The number of nitrogen functional groups attached to an aromatic ring is 1. The summed E-state index contributed by atoms with van der Waals surface area (Å²) in [6.07, 6.45) is 5.10. The highest BCUT2D eigenvalue weighted by Crippen LogP contribution is 2.35. The molecule has 3 N–H and O–H groups in total. The van der Waals surface area contributed by atoms with Crippen LogP contribution in [0, 0.1) is 0 Å². The van der Waals surface area contributed by atoms with Crippen LogP contribution in [0.2, 0.25) is 5.02 Å². The van der Waals surface area contributed by atoms with Gasteiger partial charge in [-0.25, -0.2) is 14.6 Å². The van der Waals surface area contributed by atoms with E-state index in [4.69, 9.17) is 36.3 Å². The van der Waals surface area contributed by atoms with E-state index < -0.39 is 17.8 Å². The maximum Gasteiger partial charge on any atom is 0.340 e. The lowest BCUT2D eigenvalue weighted by Crippen LogP contribution is -2.18. The van der Waals surface area contributed by atoms with E-state index in [0.717, 1.165) is 0 Å². The maximum atomic E-state index is 13.0. The van der Waals surface area contributed by atoms with Crippen molar-refractivity contribution in [2.75, 3.05) is 39.0 Å². The average molecular weight is 581 g/mol. The van der Waals surface area contributed by atoms with Crippen molar-refractivity contribution in [3.63, 3.8) is 0 Å². The number of aromatic nitrogens is 4. The number of hydrogen-bond donors (Lipinski definition) is 2. The Bertz CT molecular complexity index is 1580. The number of ether oxygens (including phenoxy) is 4. The second kappa shape index (κ2) is 12.8. The molecule has 0 unspecified atom stereocenters. The average Bonchev–Trinajstić information content (AvgIpc) is 3.53. The Hall–Kier alpha value is -5.17. The summed E-state index contributed by atoms with van der Waals surface area (Å²) in [4.78, 5) is 41.5. The molecule has 14 heteroatoms. The first-order valence-corrected chi connectivity index (χ1v) is 12.4. The van der Waals surface area contributed by atoms with E-state index in [-0.39, 0.29) is 52.7 Å². The number of nitrogens with one attached hydrogen (secondary N) is 1. The fraction of sp³-hybridized carbons (Fsp3) is 0.185. The van der Waals surface area contributed by atoms with Crippen LogP contribution in [-0.4, -0.2) is 65.5 Å². The summed E-state index contributed by atoms with van der Waals surface area (Å²) in [5, 5.41) is 11.0. The van der Waals surface area contributed by atoms with Gasteiger partial charge in [-0.2, -0.15) is 0 Å². The zero-order valence-corrected chi connectivity index (χ0v) is 23.0. The molecule has 0 spiro atoms. The van der Waals surface area contributed by atoms with Crippen LogP contribution in [0.5, 0.6) is 11.5 Å². The maximum absolute atomic E-state index is 13.0. The predicted molar refractivity (Wildman–Crippen MR) is 148 cm³/mol. The van der Waals surface area contributed by atoms with Crippen molar-refractivity contribution in [1.29, 1.82) is 0 Å². The summed E-state index contributed by atoms with van der Waals surface area (Å²) in [6, 6.07) is 8.90. The smallest absolute Gasteiger partial charge is 0.340 e. The van der Waals surface area contributed by atoms with Crippen molar-refractivity contribution < 1.29 is 33.3 Å². The quantitative estimate of drug-likeness (QED) is 0.208. The molecule has 2 aromatic heterocycles.